The van der Waals surface area contributed by atoms with Crippen LogP contribution in [-0.4, -0.2) is 24.0 Å². The molecule has 1 amide bonds. The second kappa shape index (κ2) is 4.08. The van der Waals surface area contributed by atoms with E-state index in [0.29, 0.717) is 12.8 Å². The number of anilines is 1. The number of hydrogen-bond acceptors (Lipinski definition) is 2. The first-order valence-corrected chi connectivity index (χ1v) is 6.68. The Balaban J connectivity index is 1.86. The van der Waals surface area contributed by atoms with E-state index in [1.807, 2.05) is 12.1 Å². The summed E-state index contributed by atoms with van der Waals surface area (Å²) < 4.78 is 0. The maximum absolute atomic E-state index is 12.3. The van der Waals surface area contributed by atoms with Crippen LogP contribution in [-0.2, 0) is 22.4 Å². The molecule has 0 unspecified atom stereocenters. The Hall–Kier alpha value is -1.84. The predicted molar refractivity (Wildman–Crippen MR) is 71.2 cm³/mol. The summed E-state index contributed by atoms with van der Waals surface area (Å²) in [6.07, 6.45) is 4.23. The van der Waals surface area contributed by atoms with Gasteiger partial charge in [-0.1, -0.05) is 6.07 Å². The topological polar surface area (TPSA) is 57.6 Å². The average Bonchev–Trinajstić information content (AvgIpc) is 3.09. The van der Waals surface area contributed by atoms with E-state index in [0.717, 1.165) is 24.9 Å². The molecule has 19 heavy (non-hydrogen) atoms. The van der Waals surface area contributed by atoms with Gasteiger partial charge in [0.05, 0.1) is 0 Å². The van der Waals surface area contributed by atoms with E-state index >= 15 is 0 Å². The number of benzene rings is 1. The number of carboxylic acid groups (broad SMARTS) is 1. The first-order chi connectivity index (χ1) is 9.04. The van der Waals surface area contributed by atoms with Crippen LogP contribution in [0.25, 0.3) is 0 Å². The van der Waals surface area contributed by atoms with Gasteiger partial charge < -0.3 is 10.0 Å². The zero-order chi connectivity index (χ0) is 13.6. The minimum atomic E-state index is -1.16. The molecule has 0 radical (unpaired) electrons. The van der Waals surface area contributed by atoms with Gasteiger partial charge in [0.2, 0.25) is 5.91 Å². The number of rotatable bonds is 3. The monoisotopic (exact) mass is 259 g/mol. The van der Waals surface area contributed by atoms with Crippen molar-refractivity contribution in [1.82, 2.24) is 0 Å². The third-order valence-electron chi connectivity index (χ3n) is 4.34. The Bertz CT molecular complexity index is 561. The van der Waals surface area contributed by atoms with Gasteiger partial charge in [0.25, 0.3) is 0 Å². The third-order valence-corrected chi connectivity index (χ3v) is 4.34. The zero-order valence-electron chi connectivity index (χ0n) is 11.0. The Morgan fingerprint density at radius 2 is 1.89 bits per heavy atom. The van der Waals surface area contributed by atoms with Crippen molar-refractivity contribution in [2.75, 3.05) is 11.9 Å². The van der Waals surface area contributed by atoms with Crippen molar-refractivity contribution < 1.29 is 14.7 Å². The van der Waals surface area contributed by atoms with E-state index in [1.165, 1.54) is 16.0 Å². The van der Waals surface area contributed by atoms with Crippen LogP contribution in [0.1, 0.15) is 30.4 Å². The van der Waals surface area contributed by atoms with Gasteiger partial charge in [0.1, 0.15) is 5.41 Å². The number of fused-ring (bicyclic) bond motifs is 1. The SMILES string of the molecule is CN(C(=O)C1(C(=O)O)CC1)c1ccc2c(c1)CCC2. The molecule has 0 bridgehead atoms. The normalized spacial score (nSPS) is 18.8. The molecule has 3 rings (SSSR count). The number of carbonyl (C=O) groups excluding carboxylic acids is 1. The van der Waals surface area contributed by atoms with E-state index in [4.69, 9.17) is 0 Å². The van der Waals surface area contributed by atoms with Crippen LogP contribution in [0, 0.1) is 5.41 Å². The molecule has 4 nitrogen and oxygen atoms in total. The van der Waals surface area contributed by atoms with Crippen LogP contribution in [0.2, 0.25) is 0 Å². The van der Waals surface area contributed by atoms with Gasteiger partial charge in [0, 0.05) is 12.7 Å². The van der Waals surface area contributed by atoms with Crippen molar-refractivity contribution in [3.8, 4) is 0 Å². The molecule has 2 aliphatic rings. The van der Waals surface area contributed by atoms with E-state index in [-0.39, 0.29) is 5.91 Å². The largest absolute Gasteiger partial charge is 0.480 e. The summed E-state index contributed by atoms with van der Waals surface area (Å²) in [7, 11) is 1.67. The first-order valence-electron chi connectivity index (χ1n) is 6.68. The number of carboxylic acids is 1. The lowest BCUT2D eigenvalue weighted by atomic mass is 10.0. The first kappa shape index (κ1) is 12.2. The fraction of sp³-hybridized carbons (Fsp3) is 0.467. The smallest absolute Gasteiger partial charge is 0.319 e. The minimum absolute atomic E-state index is 0.294. The summed E-state index contributed by atoms with van der Waals surface area (Å²) in [6, 6.07) is 6.00. The highest BCUT2D eigenvalue weighted by Gasteiger charge is 2.58. The van der Waals surface area contributed by atoms with Crippen LogP contribution < -0.4 is 4.90 Å². The molecule has 0 aliphatic heterocycles. The number of aryl methyl sites for hydroxylation is 2. The molecule has 0 aromatic heterocycles. The van der Waals surface area contributed by atoms with Gasteiger partial charge in [0.15, 0.2) is 0 Å². The van der Waals surface area contributed by atoms with Crippen molar-refractivity contribution in [2.24, 2.45) is 5.41 Å². The van der Waals surface area contributed by atoms with E-state index < -0.39 is 11.4 Å². The van der Waals surface area contributed by atoms with Crippen molar-refractivity contribution in [3.05, 3.63) is 29.3 Å². The number of carbonyl (C=O) groups is 2. The second-order valence-corrected chi connectivity index (χ2v) is 5.56. The standard InChI is InChI=1S/C15H17NO3/c1-16(13(17)15(7-8-15)14(18)19)12-6-5-10-3-2-4-11(10)9-12/h5-6,9H,2-4,7-8H2,1H3,(H,18,19). The van der Waals surface area contributed by atoms with Gasteiger partial charge >= 0.3 is 5.97 Å². The molecule has 0 heterocycles. The molecule has 1 saturated carbocycles. The lowest BCUT2D eigenvalue weighted by Crippen LogP contribution is -2.38. The van der Waals surface area contributed by atoms with Crippen LogP contribution >= 0.6 is 0 Å². The van der Waals surface area contributed by atoms with E-state index in [1.54, 1.807) is 7.05 Å². The van der Waals surface area contributed by atoms with Crippen LogP contribution in [0.4, 0.5) is 5.69 Å². The quantitative estimate of drug-likeness (QED) is 0.845. The summed E-state index contributed by atoms with van der Waals surface area (Å²) in [5, 5.41) is 9.18. The van der Waals surface area contributed by atoms with Crippen LogP contribution in [0.5, 0.6) is 0 Å². The molecule has 1 N–H and O–H groups in total. The number of hydrogen-bond donors (Lipinski definition) is 1. The van der Waals surface area contributed by atoms with Gasteiger partial charge in [-0.3, -0.25) is 9.59 Å². The lowest BCUT2D eigenvalue weighted by Gasteiger charge is -2.22. The Morgan fingerprint density at radius 1 is 1.21 bits per heavy atom. The number of amides is 1. The molecule has 0 spiro atoms. The molecule has 4 heteroatoms. The maximum atomic E-state index is 12.3. The van der Waals surface area contributed by atoms with Crippen molar-refractivity contribution >= 4 is 17.6 Å². The fourth-order valence-corrected chi connectivity index (χ4v) is 2.85. The third kappa shape index (κ3) is 1.82. The predicted octanol–water partition coefficient (Wildman–Crippen LogP) is 2.00. The molecule has 1 aromatic rings. The average molecular weight is 259 g/mol. The highest BCUT2D eigenvalue weighted by Crippen LogP contribution is 2.48. The summed E-state index contributed by atoms with van der Waals surface area (Å²) in [5.74, 6) is -1.29. The highest BCUT2D eigenvalue weighted by atomic mass is 16.4. The van der Waals surface area contributed by atoms with Gasteiger partial charge in [-0.25, -0.2) is 0 Å². The van der Waals surface area contributed by atoms with Crippen LogP contribution in [0.3, 0.4) is 0 Å². The zero-order valence-corrected chi connectivity index (χ0v) is 11.0. The Morgan fingerprint density at radius 3 is 2.53 bits per heavy atom. The van der Waals surface area contributed by atoms with Gasteiger partial charge in [-0.2, -0.15) is 0 Å². The summed E-state index contributed by atoms with van der Waals surface area (Å²) in [4.78, 5) is 25.0. The summed E-state index contributed by atoms with van der Waals surface area (Å²) in [5.41, 5.74) is 2.28. The highest BCUT2D eigenvalue weighted by molar-refractivity contribution is 6.11. The van der Waals surface area contributed by atoms with Crippen molar-refractivity contribution in [1.29, 1.82) is 0 Å². The minimum Gasteiger partial charge on any atom is -0.480 e. The summed E-state index contributed by atoms with van der Waals surface area (Å²) in [6.45, 7) is 0. The maximum Gasteiger partial charge on any atom is 0.319 e. The Labute approximate surface area is 112 Å². The number of nitrogens with zero attached hydrogens (tertiary/aromatic N) is 1. The van der Waals surface area contributed by atoms with Crippen LogP contribution in [0.15, 0.2) is 18.2 Å². The second-order valence-electron chi connectivity index (χ2n) is 5.56. The molecule has 0 saturated heterocycles. The molecular weight excluding hydrogens is 242 g/mol. The molecular formula is C15H17NO3. The summed E-state index contributed by atoms with van der Waals surface area (Å²) >= 11 is 0. The Kier molecular flexibility index (Phi) is 2.62. The van der Waals surface area contributed by atoms with Crippen molar-refractivity contribution in [3.63, 3.8) is 0 Å². The van der Waals surface area contributed by atoms with Gasteiger partial charge in [-0.15, -0.1) is 0 Å². The molecule has 1 fully saturated rings. The number of aliphatic carboxylic acids is 1. The fourth-order valence-electron chi connectivity index (χ4n) is 2.85. The van der Waals surface area contributed by atoms with E-state index in [9.17, 15) is 14.7 Å². The van der Waals surface area contributed by atoms with Crippen molar-refractivity contribution in [2.45, 2.75) is 32.1 Å². The lowest BCUT2D eigenvalue weighted by molar-refractivity contribution is -0.148. The molecule has 2 aliphatic carbocycles. The molecule has 0 atom stereocenters. The van der Waals surface area contributed by atoms with E-state index in [2.05, 4.69) is 6.07 Å². The van der Waals surface area contributed by atoms with Gasteiger partial charge in [-0.05, 0) is 55.4 Å². The molecule has 100 valence electrons. The molecule has 1 aromatic carbocycles.